The summed E-state index contributed by atoms with van der Waals surface area (Å²) in [5.41, 5.74) is 0.254. The van der Waals surface area contributed by atoms with Gasteiger partial charge in [0.2, 0.25) is 5.91 Å². The number of rotatable bonds is 4. The SMILES string of the molecule is CN(C)S(=O)(=O)N1CCC2(CCCN(Cc3ccc(F)cc3)C2=O)C1. The van der Waals surface area contributed by atoms with Crippen molar-refractivity contribution in [3.05, 3.63) is 35.6 Å². The van der Waals surface area contributed by atoms with Crippen LogP contribution in [0.5, 0.6) is 0 Å². The van der Waals surface area contributed by atoms with Crippen molar-refractivity contribution < 1.29 is 17.6 Å². The molecule has 1 unspecified atom stereocenters. The molecule has 138 valence electrons. The number of amides is 1. The van der Waals surface area contributed by atoms with Crippen LogP contribution in [0.25, 0.3) is 0 Å². The third kappa shape index (κ3) is 3.43. The van der Waals surface area contributed by atoms with E-state index in [9.17, 15) is 17.6 Å². The van der Waals surface area contributed by atoms with Crippen LogP contribution in [0.3, 0.4) is 0 Å². The van der Waals surface area contributed by atoms with Crippen molar-refractivity contribution in [3.63, 3.8) is 0 Å². The number of carbonyl (C=O) groups is 1. The quantitative estimate of drug-likeness (QED) is 0.807. The molecular weight excluding hydrogens is 345 g/mol. The van der Waals surface area contributed by atoms with Crippen molar-refractivity contribution >= 4 is 16.1 Å². The van der Waals surface area contributed by atoms with E-state index in [0.29, 0.717) is 32.5 Å². The fourth-order valence-electron chi connectivity index (χ4n) is 3.75. The largest absolute Gasteiger partial charge is 0.338 e. The van der Waals surface area contributed by atoms with Gasteiger partial charge in [-0.05, 0) is 37.0 Å². The van der Waals surface area contributed by atoms with Crippen molar-refractivity contribution in [3.8, 4) is 0 Å². The molecule has 25 heavy (non-hydrogen) atoms. The van der Waals surface area contributed by atoms with Crippen LogP contribution >= 0.6 is 0 Å². The highest BCUT2D eigenvalue weighted by molar-refractivity contribution is 7.86. The van der Waals surface area contributed by atoms with Crippen LogP contribution < -0.4 is 0 Å². The van der Waals surface area contributed by atoms with E-state index in [1.165, 1.54) is 34.8 Å². The number of halogens is 1. The summed E-state index contributed by atoms with van der Waals surface area (Å²) in [6, 6.07) is 6.14. The molecule has 2 heterocycles. The number of piperidine rings is 1. The summed E-state index contributed by atoms with van der Waals surface area (Å²) in [7, 11) is -0.495. The maximum Gasteiger partial charge on any atom is 0.281 e. The summed E-state index contributed by atoms with van der Waals surface area (Å²) in [6.45, 7) is 1.70. The Morgan fingerprint density at radius 3 is 2.48 bits per heavy atom. The van der Waals surface area contributed by atoms with E-state index in [1.54, 1.807) is 17.0 Å². The summed E-state index contributed by atoms with van der Waals surface area (Å²) < 4.78 is 40.4. The lowest BCUT2D eigenvalue weighted by Crippen LogP contribution is -2.50. The van der Waals surface area contributed by atoms with Gasteiger partial charge >= 0.3 is 0 Å². The van der Waals surface area contributed by atoms with E-state index >= 15 is 0 Å². The zero-order chi connectivity index (χ0) is 18.2. The molecule has 1 aromatic carbocycles. The Bertz CT molecular complexity index is 751. The molecule has 0 aromatic heterocycles. The maximum absolute atomic E-state index is 13.1. The zero-order valence-electron chi connectivity index (χ0n) is 14.6. The predicted molar refractivity (Wildman–Crippen MR) is 92.3 cm³/mol. The number of benzene rings is 1. The Balaban J connectivity index is 1.75. The Kier molecular flexibility index (Phi) is 4.87. The summed E-state index contributed by atoms with van der Waals surface area (Å²) >= 11 is 0. The molecule has 3 rings (SSSR count). The molecule has 1 amide bonds. The van der Waals surface area contributed by atoms with Crippen LogP contribution in [0.1, 0.15) is 24.8 Å². The Morgan fingerprint density at radius 1 is 1.16 bits per heavy atom. The van der Waals surface area contributed by atoms with Gasteiger partial charge in [0, 0.05) is 40.3 Å². The van der Waals surface area contributed by atoms with Gasteiger partial charge in [-0.3, -0.25) is 4.79 Å². The van der Waals surface area contributed by atoms with Gasteiger partial charge in [0.05, 0.1) is 5.41 Å². The summed E-state index contributed by atoms with van der Waals surface area (Å²) in [5.74, 6) is -0.287. The fourth-order valence-corrected chi connectivity index (χ4v) is 4.95. The molecule has 0 aliphatic carbocycles. The first kappa shape index (κ1) is 18.3. The van der Waals surface area contributed by atoms with Crippen molar-refractivity contribution in [1.82, 2.24) is 13.5 Å². The van der Waals surface area contributed by atoms with Crippen LogP contribution in [-0.2, 0) is 21.5 Å². The second-order valence-corrected chi connectivity index (χ2v) is 9.25. The number of nitrogens with zero attached hydrogens (tertiary/aromatic N) is 3. The minimum Gasteiger partial charge on any atom is -0.338 e. The highest BCUT2D eigenvalue weighted by Gasteiger charge is 2.51. The summed E-state index contributed by atoms with van der Waals surface area (Å²) in [5, 5.41) is 0. The zero-order valence-corrected chi connectivity index (χ0v) is 15.4. The van der Waals surface area contributed by atoms with E-state index in [4.69, 9.17) is 0 Å². The van der Waals surface area contributed by atoms with E-state index in [1.807, 2.05) is 0 Å². The average molecular weight is 369 g/mol. The molecule has 6 nitrogen and oxygen atoms in total. The fraction of sp³-hybridized carbons (Fsp3) is 0.588. The molecule has 0 saturated carbocycles. The highest BCUT2D eigenvalue weighted by atomic mass is 32.2. The van der Waals surface area contributed by atoms with E-state index < -0.39 is 15.6 Å². The standard InChI is InChI=1S/C17H24FN3O3S/c1-19(2)25(23,24)21-11-9-17(13-21)8-3-10-20(16(17)22)12-14-4-6-15(18)7-5-14/h4-7H,3,8-13H2,1-2H3. The van der Waals surface area contributed by atoms with Gasteiger partial charge < -0.3 is 4.90 Å². The molecular formula is C17H24FN3O3S. The molecule has 8 heteroatoms. The van der Waals surface area contributed by atoms with Crippen LogP contribution in [0.15, 0.2) is 24.3 Å². The van der Waals surface area contributed by atoms with Crippen LogP contribution in [0, 0.1) is 11.2 Å². The van der Waals surface area contributed by atoms with Crippen molar-refractivity contribution in [2.24, 2.45) is 5.41 Å². The Labute approximate surface area is 148 Å². The van der Waals surface area contributed by atoms with Crippen molar-refractivity contribution in [1.29, 1.82) is 0 Å². The first-order valence-corrected chi connectivity index (χ1v) is 9.86. The highest BCUT2D eigenvalue weighted by Crippen LogP contribution is 2.41. The van der Waals surface area contributed by atoms with Crippen LogP contribution in [-0.4, -0.2) is 61.6 Å². The molecule has 0 bridgehead atoms. The molecule has 2 fully saturated rings. The van der Waals surface area contributed by atoms with Gasteiger partial charge in [-0.1, -0.05) is 12.1 Å². The summed E-state index contributed by atoms with van der Waals surface area (Å²) in [6.07, 6.45) is 2.12. The minimum atomic E-state index is -3.50. The van der Waals surface area contributed by atoms with Gasteiger partial charge in [0.15, 0.2) is 0 Å². The second kappa shape index (κ2) is 6.66. The number of hydrogen-bond acceptors (Lipinski definition) is 3. The van der Waals surface area contributed by atoms with E-state index in [2.05, 4.69) is 0 Å². The van der Waals surface area contributed by atoms with Crippen LogP contribution in [0.2, 0.25) is 0 Å². The molecule has 2 saturated heterocycles. The number of likely N-dealkylation sites (tertiary alicyclic amines) is 1. The molecule has 0 radical (unpaired) electrons. The van der Waals surface area contributed by atoms with Gasteiger partial charge in [-0.25, -0.2) is 4.39 Å². The average Bonchev–Trinajstić information content (AvgIpc) is 3.00. The molecule has 0 N–H and O–H groups in total. The smallest absolute Gasteiger partial charge is 0.281 e. The molecule has 1 spiro atoms. The van der Waals surface area contributed by atoms with E-state index in [0.717, 1.165) is 12.0 Å². The molecule has 1 aromatic rings. The van der Waals surface area contributed by atoms with Gasteiger partial charge in [-0.15, -0.1) is 0 Å². The Morgan fingerprint density at radius 2 is 1.84 bits per heavy atom. The van der Waals surface area contributed by atoms with E-state index in [-0.39, 0.29) is 18.3 Å². The number of hydrogen-bond donors (Lipinski definition) is 0. The lowest BCUT2D eigenvalue weighted by atomic mass is 9.78. The normalized spacial score (nSPS) is 25.3. The first-order valence-electron chi connectivity index (χ1n) is 8.46. The lowest BCUT2D eigenvalue weighted by Gasteiger charge is -2.39. The first-order chi connectivity index (χ1) is 11.7. The lowest BCUT2D eigenvalue weighted by molar-refractivity contribution is -0.146. The monoisotopic (exact) mass is 369 g/mol. The molecule has 2 aliphatic heterocycles. The number of carbonyl (C=O) groups excluding carboxylic acids is 1. The molecule has 1 atom stereocenters. The van der Waals surface area contributed by atoms with Crippen molar-refractivity contribution in [2.45, 2.75) is 25.8 Å². The Hall–Kier alpha value is -1.51. The van der Waals surface area contributed by atoms with Crippen molar-refractivity contribution in [2.75, 3.05) is 33.7 Å². The molecule has 2 aliphatic rings. The maximum atomic E-state index is 13.1. The minimum absolute atomic E-state index is 0.0135. The van der Waals surface area contributed by atoms with Crippen LogP contribution in [0.4, 0.5) is 4.39 Å². The topological polar surface area (TPSA) is 60.9 Å². The third-order valence-corrected chi connectivity index (χ3v) is 7.10. The van der Waals surface area contributed by atoms with Gasteiger partial charge in [0.1, 0.15) is 5.82 Å². The van der Waals surface area contributed by atoms with Gasteiger partial charge in [0.25, 0.3) is 10.2 Å². The van der Waals surface area contributed by atoms with Gasteiger partial charge in [-0.2, -0.15) is 17.0 Å². The second-order valence-electron chi connectivity index (χ2n) is 7.11. The summed E-state index contributed by atoms with van der Waals surface area (Å²) in [4.78, 5) is 14.9. The third-order valence-electron chi connectivity index (χ3n) is 5.22. The predicted octanol–water partition coefficient (Wildman–Crippen LogP) is 1.45.